The van der Waals surface area contributed by atoms with Gasteiger partial charge in [-0.05, 0) is 26.3 Å². The lowest BCUT2D eigenvalue weighted by Gasteiger charge is -2.23. The lowest BCUT2D eigenvalue weighted by atomic mass is 10.1. The van der Waals surface area contributed by atoms with Gasteiger partial charge in [-0.2, -0.15) is 0 Å². The highest BCUT2D eigenvalue weighted by molar-refractivity contribution is 7.15. The molecule has 0 aliphatic carbocycles. The first-order valence-electron chi connectivity index (χ1n) is 5.24. The van der Waals surface area contributed by atoms with Crippen LogP contribution >= 0.6 is 11.3 Å². The fourth-order valence-corrected chi connectivity index (χ4v) is 2.42. The summed E-state index contributed by atoms with van der Waals surface area (Å²) in [6.07, 6.45) is 5.89. The first-order valence-corrected chi connectivity index (χ1v) is 6.06. The van der Waals surface area contributed by atoms with Crippen LogP contribution in [0, 0.1) is 6.92 Å². The van der Waals surface area contributed by atoms with Gasteiger partial charge < -0.3 is 10.6 Å². The lowest BCUT2D eigenvalue weighted by Crippen LogP contribution is -2.39. The summed E-state index contributed by atoms with van der Waals surface area (Å²) in [5.74, 6) is 0. The zero-order valence-electron chi connectivity index (χ0n) is 8.55. The van der Waals surface area contributed by atoms with Gasteiger partial charge in [0.05, 0.1) is 0 Å². The third-order valence-corrected chi connectivity index (χ3v) is 3.40. The van der Waals surface area contributed by atoms with Gasteiger partial charge in [0.2, 0.25) is 0 Å². The molecule has 0 radical (unpaired) electrons. The highest BCUT2D eigenvalue weighted by Crippen LogP contribution is 2.17. The van der Waals surface area contributed by atoms with Crippen molar-refractivity contribution in [2.24, 2.45) is 0 Å². The molecule has 0 amide bonds. The van der Waals surface area contributed by atoms with Crippen LogP contribution in [0.2, 0.25) is 0 Å². The molecule has 0 aromatic carbocycles. The van der Waals surface area contributed by atoms with Crippen molar-refractivity contribution in [2.75, 3.05) is 18.4 Å². The molecule has 14 heavy (non-hydrogen) atoms. The molecular formula is C10H17N3S. The van der Waals surface area contributed by atoms with Crippen molar-refractivity contribution in [3.63, 3.8) is 0 Å². The molecule has 1 aliphatic heterocycles. The van der Waals surface area contributed by atoms with Crippen LogP contribution in [0.4, 0.5) is 5.13 Å². The van der Waals surface area contributed by atoms with Gasteiger partial charge in [-0.25, -0.2) is 4.98 Å². The van der Waals surface area contributed by atoms with Gasteiger partial charge >= 0.3 is 0 Å². The van der Waals surface area contributed by atoms with Crippen LogP contribution in [0.25, 0.3) is 0 Å². The van der Waals surface area contributed by atoms with Crippen LogP contribution < -0.4 is 10.6 Å². The number of hydrogen-bond donors (Lipinski definition) is 2. The van der Waals surface area contributed by atoms with E-state index >= 15 is 0 Å². The van der Waals surface area contributed by atoms with E-state index < -0.39 is 0 Å². The Kier molecular flexibility index (Phi) is 3.37. The molecule has 3 nitrogen and oxygen atoms in total. The largest absolute Gasteiger partial charge is 0.360 e. The van der Waals surface area contributed by atoms with E-state index in [1.54, 1.807) is 11.3 Å². The quantitative estimate of drug-likeness (QED) is 0.803. The minimum absolute atomic E-state index is 0.632. The van der Waals surface area contributed by atoms with Crippen LogP contribution in [-0.4, -0.2) is 24.1 Å². The Bertz CT molecular complexity index is 279. The van der Waals surface area contributed by atoms with Crippen LogP contribution in [0.1, 0.15) is 24.1 Å². The Hall–Kier alpha value is -0.610. The third kappa shape index (κ3) is 2.69. The highest BCUT2D eigenvalue weighted by Gasteiger charge is 2.12. The molecule has 4 heteroatoms. The van der Waals surface area contributed by atoms with Crippen molar-refractivity contribution >= 4 is 16.5 Å². The van der Waals surface area contributed by atoms with E-state index in [-0.39, 0.29) is 0 Å². The van der Waals surface area contributed by atoms with Gasteiger partial charge in [0, 0.05) is 23.7 Å². The minimum atomic E-state index is 0.632. The maximum absolute atomic E-state index is 4.28. The van der Waals surface area contributed by atoms with E-state index in [0.717, 1.165) is 11.7 Å². The van der Waals surface area contributed by atoms with Gasteiger partial charge in [-0.3, -0.25) is 0 Å². The Morgan fingerprint density at radius 2 is 2.57 bits per heavy atom. The summed E-state index contributed by atoms with van der Waals surface area (Å²) >= 11 is 1.73. The molecular weight excluding hydrogens is 194 g/mol. The fourth-order valence-electron chi connectivity index (χ4n) is 1.75. The molecule has 1 unspecified atom stereocenters. The fraction of sp³-hybridized carbons (Fsp3) is 0.700. The molecule has 1 saturated heterocycles. The Morgan fingerprint density at radius 1 is 1.64 bits per heavy atom. The molecule has 0 saturated carbocycles. The molecule has 78 valence electrons. The van der Waals surface area contributed by atoms with E-state index in [1.165, 1.54) is 30.7 Å². The predicted molar refractivity (Wildman–Crippen MR) is 61.0 cm³/mol. The lowest BCUT2D eigenvalue weighted by molar-refractivity contribution is 0.414. The molecule has 1 aromatic heterocycles. The number of anilines is 1. The summed E-state index contributed by atoms with van der Waals surface area (Å²) in [5, 5.41) is 7.94. The Labute approximate surface area is 88.9 Å². The monoisotopic (exact) mass is 211 g/mol. The number of aromatic nitrogens is 1. The van der Waals surface area contributed by atoms with Gasteiger partial charge in [0.25, 0.3) is 0 Å². The molecule has 2 N–H and O–H groups in total. The van der Waals surface area contributed by atoms with Gasteiger partial charge in [0.15, 0.2) is 5.13 Å². The second-order valence-corrected chi connectivity index (χ2v) is 5.04. The molecule has 1 aromatic rings. The van der Waals surface area contributed by atoms with Crippen LogP contribution in [-0.2, 0) is 0 Å². The summed E-state index contributed by atoms with van der Waals surface area (Å²) in [6.45, 7) is 4.26. The number of rotatable bonds is 3. The van der Waals surface area contributed by atoms with Crippen LogP contribution in [0.3, 0.4) is 0 Å². The molecule has 2 rings (SSSR count). The standard InChI is InChI=1S/C10H17N3S/c1-8-6-12-10(14-8)13-7-9-4-2-3-5-11-9/h6,9,11H,2-5,7H2,1H3,(H,12,13). The first kappa shape index (κ1) is 9.93. The Balaban J connectivity index is 1.76. The van der Waals surface area contributed by atoms with E-state index in [2.05, 4.69) is 22.5 Å². The van der Waals surface area contributed by atoms with Crippen LogP contribution in [0.5, 0.6) is 0 Å². The zero-order valence-corrected chi connectivity index (χ0v) is 9.36. The van der Waals surface area contributed by atoms with Gasteiger partial charge in [0.1, 0.15) is 0 Å². The predicted octanol–water partition coefficient (Wildman–Crippen LogP) is 2.01. The zero-order chi connectivity index (χ0) is 9.80. The van der Waals surface area contributed by atoms with Crippen molar-refractivity contribution < 1.29 is 0 Å². The molecule has 2 heterocycles. The molecule has 1 fully saturated rings. The summed E-state index contributed by atoms with van der Waals surface area (Å²) in [7, 11) is 0. The molecule has 0 spiro atoms. The summed E-state index contributed by atoms with van der Waals surface area (Å²) in [4.78, 5) is 5.55. The number of piperidine rings is 1. The smallest absolute Gasteiger partial charge is 0.182 e. The average Bonchev–Trinajstić information content (AvgIpc) is 2.63. The maximum Gasteiger partial charge on any atom is 0.182 e. The van der Waals surface area contributed by atoms with Crippen LogP contribution in [0.15, 0.2) is 6.20 Å². The molecule has 0 bridgehead atoms. The summed E-state index contributed by atoms with van der Waals surface area (Å²) < 4.78 is 0. The normalized spacial score (nSPS) is 22.2. The second-order valence-electron chi connectivity index (χ2n) is 3.80. The first-order chi connectivity index (χ1) is 6.84. The topological polar surface area (TPSA) is 37.0 Å². The SMILES string of the molecule is Cc1cnc(NCC2CCCCN2)s1. The van der Waals surface area contributed by atoms with E-state index in [4.69, 9.17) is 0 Å². The molecule has 1 atom stereocenters. The summed E-state index contributed by atoms with van der Waals surface area (Å²) in [5.41, 5.74) is 0. The maximum atomic E-state index is 4.28. The third-order valence-electron chi connectivity index (χ3n) is 2.53. The molecule has 1 aliphatic rings. The van der Waals surface area contributed by atoms with E-state index in [9.17, 15) is 0 Å². The van der Waals surface area contributed by atoms with Crippen molar-refractivity contribution in [3.05, 3.63) is 11.1 Å². The average molecular weight is 211 g/mol. The number of aryl methyl sites for hydroxylation is 1. The summed E-state index contributed by atoms with van der Waals surface area (Å²) in [6, 6.07) is 0.632. The van der Waals surface area contributed by atoms with Gasteiger partial charge in [-0.1, -0.05) is 6.42 Å². The van der Waals surface area contributed by atoms with Crippen molar-refractivity contribution in [2.45, 2.75) is 32.2 Å². The Morgan fingerprint density at radius 3 is 3.21 bits per heavy atom. The van der Waals surface area contributed by atoms with Crippen molar-refractivity contribution in [1.82, 2.24) is 10.3 Å². The number of nitrogens with one attached hydrogen (secondary N) is 2. The number of hydrogen-bond acceptors (Lipinski definition) is 4. The second kappa shape index (κ2) is 4.75. The highest BCUT2D eigenvalue weighted by atomic mass is 32.1. The minimum Gasteiger partial charge on any atom is -0.360 e. The number of thiazole rings is 1. The van der Waals surface area contributed by atoms with E-state index in [0.29, 0.717) is 6.04 Å². The van der Waals surface area contributed by atoms with Crippen molar-refractivity contribution in [1.29, 1.82) is 0 Å². The number of nitrogens with zero attached hydrogens (tertiary/aromatic N) is 1. The van der Waals surface area contributed by atoms with Gasteiger partial charge in [-0.15, -0.1) is 11.3 Å². The van der Waals surface area contributed by atoms with Crippen molar-refractivity contribution in [3.8, 4) is 0 Å². The van der Waals surface area contributed by atoms with E-state index in [1.807, 2.05) is 6.20 Å².